The Hall–Kier alpha value is -3.81. The van der Waals surface area contributed by atoms with Crippen molar-refractivity contribution in [2.45, 2.75) is 0 Å². The monoisotopic (exact) mass is 380 g/mol. The van der Waals surface area contributed by atoms with Crippen molar-refractivity contribution in [3.05, 3.63) is 59.8 Å². The SMILES string of the molecule is COc1ccc(-c2cc(C(=O)N/N=C\c3ccc(OC)c(OC)c3)[nH]n2)cc1. The van der Waals surface area contributed by atoms with Gasteiger partial charge in [0.05, 0.1) is 33.2 Å². The highest BCUT2D eigenvalue weighted by Gasteiger charge is 2.10. The summed E-state index contributed by atoms with van der Waals surface area (Å²) in [6.45, 7) is 0. The number of carbonyl (C=O) groups excluding carboxylic acids is 1. The Morgan fingerprint density at radius 1 is 1.00 bits per heavy atom. The molecule has 0 saturated heterocycles. The molecule has 1 amide bonds. The van der Waals surface area contributed by atoms with Crippen molar-refractivity contribution in [1.82, 2.24) is 15.6 Å². The number of nitrogens with one attached hydrogen (secondary N) is 2. The second kappa shape index (κ2) is 8.72. The van der Waals surface area contributed by atoms with Gasteiger partial charge < -0.3 is 14.2 Å². The average molecular weight is 380 g/mol. The van der Waals surface area contributed by atoms with Gasteiger partial charge >= 0.3 is 0 Å². The molecule has 2 aromatic carbocycles. The van der Waals surface area contributed by atoms with Crippen LogP contribution < -0.4 is 19.6 Å². The van der Waals surface area contributed by atoms with Gasteiger partial charge in [-0.05, 0) is 54.1 Å². The molecule has 0 radical (unpaired) electrons. The van der Waals surface area contributed by atoms with E-state index in [9.17, 15) is 4.79 Å². The third kappa shape index (κ3) is 4.29. The predicted molar refractivity (Wildman–Crippen MR) is 105 cm³/mol. The quantitative estimate of drug-likeness (QED) is 0.485. The maximum absolute atomic E-state index is 12.2. The minimum Gasteiger partial charge on any atom is -0.497 e. The number of H-pyrrole nitrogens is 1. The Kier molecular flexibility index (Phi) is 5.91. The lowest BCUT2D eigenvalue weighted by Crippen LogP contribution is -2.18. The topological polar surface area (TPSA) is 97.8 Å². The molecule has 0 aliphatic heterocycles. The van der Waals surface area contributed by atoms with Crippen LogP contribution in [0.2, 0.25) is 0 Å². The molecule has 0 fully saturated rings. The molecule has 0 atom stereocenters. The van der Waals surface area contributed by atoms with Gasteiger partial charge in [0.15, 0.2) is 11.5 Å². The number of ether oxygens (including phenoxy) is 3. The predicted octanol–water partition coefficient (Wildman–Crippen LogP) is 2.87. The van der Waals surface area contributed by atoms with E-state index in [1.165, 1.54) is 6.21 Å². The maximum Gasteiger partial charge on any atom is 0.289 e. The van der Waals surface area contributed by atoms with Gasteiger partial charge in [-0.2, -0.15) is 10.2 Å². The number of rotatable bonds is 7. The molecule has 28 heavy (non-hydrogen) atoms. The summed E-state index contributed by atoms with van der Waals surface area (Å²) in [5.74, 6) is 1.55. The second-order valence-corrected chi connectivity index (χ2v) is 5.71. The molecular weight excluding hydrogens is 360 g/mol. The average Bonchev–Trinajstić information content (AvgIpc) is 3.24. The van der Waals surface area contributed by atoms with Crippen LogP contribution in [0, 0.1) is 0 Å². The summed E-state index contributed by atoms with van der Waals surface area (Å²) in [5, 5.41) is 10.8. The van der Waals surface area contributed by atoms with Crippen molar-refractivity contribution in [1.29, 1.82) is 0 Å². The number of nitrogens with zero attached hydrogens (tertiary/aromatic N) is 2. The molecule has 0 spiro atoms. The van der Waals surface area contributed by atoms with Gasteiger partial charge in [-0.15, -0.1) is 0 Å². The first kappa shape index (κ1) is 19.0. The highest BCUT2D eigenvalue weighted by atomic mass is 16.5. The van der Waals surface area contributed by atoms with E-state index in [1.807, 2.05) is 24.3 Å². The number of aromatic amines is 1. The van der Waals surface area contributed by atoms with Crippen LogP contribution in [-0.4, -0.2) is 43.6 Å². The summed E-state index contributed by atoms with van der Waals surface area (Å²) >= 11 is 0. The number of benzene rings is 2. The van der Waals surface area contributed by atoms with E-state index < -0.39 is 5.91 Å². The molecule has 0 unspecified atom stereocenters. The van der Waals surface area contributed by atoms with E-state index in [4.69, 9.17) is 14.2 Å². The Bertz CT molecular complexity index is 980. The van der Waals surface area contributed by atoms with E-state index in [-0.39, 0.29) is 0 Å². The van der Waals surface area contributed by atoms with E-state index in [2.05, 4.69) is 20.7 Å². The summed E-state index contributed by atoms with van der Waals surface area (Å²) in [4.78, 5) is 12.2. The summed E-state index contributed by atoms with van der Waals surface area (Å²) < 4.78 is 15.6. The highest BCUT2D eigenvalue weighted by molar-refractivity contribution is 5.94. The molecule has 2 N–H and O–H groups in total. The molecular formula is C20H20N4O4. The number of hydrazone groups is 1. The third-order valence-electron chi connectivity index (χ3n) is 4.00. The van der Waals surface area contributed by atoms with Gasteiger partial charge in [-0.25, -0.2) is 5.43 Å². The van der Waals surface area contributed by atoms with Crippen molar-refractivity contribution in [3.63, 3.8) is 0 Å². The van der Waals surface area contributed by atoms with Gasteiger partial charge in [-0.1, -0.05) is 0 Å². The van der Waals surface area contributed by atoms with E-state index >= 15 is 0 Å². The molecule has 1 heterocycles. The fourth-order valence-electron chi connectivity index (χ4n) is 2.51. The second-order valence-electron chi connectivity index (χ2n) is 5.71. The van der Waals surface area contributed by atoms with Gasteiger partial charge in [0.25, 0.3) is 5.91 Å². The first-order valence-corrected chi connectivity index (χ1v) is 8.40. The maximum atomic E-state index is 12.2. The number of methoxy groups -OCH3 is 3. The number of carbonyl (C=O) groups is 1. The van der Waals surface area contributed by atoms with E-state index in [1.54, 1.807) is 45.6 Å². The smallest absolute Gasteiger partial charge is 0.289 e. The fraction of sp³-hybridized carbons (Fsp3) is 0.150. The lowest BCUT2D eigenvalue weighted by atomic mass is 10.1. The number of hydrogen-bond acceptors (Lipinski definition) is 6. The molecule has 0 bridgehead atoms. The van der Waals surface area contributed by atoms with Crippen molar-refractivity contribution >= 4 is 12.1 Å². The molecule has 144 valence electrons. The standard InChI is InChI=1S/C20H20N4O4/c1-26-15-7-5-14(6-8-15)16-11-17(23-22-16)20(25)24-21-12-13-4-9-18(27-2)19(10-13)28-3/h4-12H,1-3H3,(H,22,23)(H,24,25)/b21-12-. The van der Waals surface area contributed by atoms with Gasteiger partial charge in [0, 0.05) is 5.56 Å². The van der Waals surface area contributed by atoms with E-state index in [0.29, 0.717) is 22.9 Å². The normalized spacial score (nSPS) is 10.7. The van der Waals surface area contributed by atoms with Crippen LogP contribution in [0.15, 0.2) is 53.6 Å². The van der Waals surface area contributed by atoms with Gasteiger partial charge in [0.2, 0.25) is 0 Å². The minimum atomic E-state index is -0.399. The first-order valence-electron chi connectivity index (χ1n) is 8.40. The Balaban J connectivity index is 1.65. The van der Waals surface area contributed by atoms with Gasteiger partial charge in [-0.3, -0.25) is 9.89 Å². The minimum absolute atomic E-state index is 0.301. The van der Waals surface area contributed by atoms with Crippen LogP contribution in [0.25, 0.3) is 11.3 Å². The van der Waals surface area contributed by atoms with Crippen LogP contribution in [0.5, 0.6) is 17.2 Å². The molecule has 0 saturated carbocycles. The zero-order valence-corrected chi connectivity index (χ0v) is 15.7. The summed E-state index contributed by atoms with van der Waals surface area (Å²) in [7, 11) is 4.73. The van der Waals surface area contributed by atoms with Crippen molar-refractivity contribution < 1.29 is 19.0 Å². The zero-order chi connectivity index (χ0) is 19.9. The zero-order valence-electron chi connectivity index (χ0n) is 15.7. The van der Waals surface area contributed by atoms with Crippen LogP contribution in [0.3, 0.4) is 0 Å². The molecule has 1 aromatic heterocycles. The number of amides is 1. The van der Waals surface area contributed by atoms with E-state index in [0.717, 1.165) is 16.9 Å². The molecule has 3 aromatic rings. The first-order chi connectivity index (χ1) is 13.6. The Morgan fingerprint density at radius 2 is 1.75 bits per heavy atom. The van der Waals surface area contributed by atoms with Crippen molar-refractivity contribution in [3.8, 4) is 28.5 Å². The summed E-state index contributed by atoms with van der Waals surface area (Å²) in [6.07, 6.45) is 1.51. The molecule has 0 aliphatic rings. The highest BCUT2D eigenvalue weighted by Crippen LogP contribution is 2.26. The third-order valence-corrected chi connectivity index (χ3v) is 4.00. The Morgan fingerprint density at radius 3 is 2.43 bits per heavy atom. The molecule has 3 rings (SSSR count). The van der Waals surface area contributed by atoms with Crippen LogP contribution in [0.1, 0.15) is 16.1 Å². The fourth-order valence-corrected chi connectivity index (χ4v) is 2.51. The van der Waals surface area contributed by atoms with Gasteiger partial charge in [0.1, 0.15) is 11.4 Å². The lowest BCUT2D eigenvalue weighted by Gasteiger charge is -2.07. The largest absolute Gasteiger partial charge is 0.497 e. The molecule has 8 heteroatoms. The van der Waals surface area contributed by atoms with Crippen molar-refractivity contribution in [2.75, 3.05) is 21.3 Å². The summed E-state index contributed by atoms with van der Waals surface area (Å²) in [6, 6.07) is 14.4. The lowest BCUT2D eigenvalue weighted by molar-refractivity contribution is 0.0950. The number of hydrogen-bond donors (Lipinski definition) is 2. The van der Waals surface area contributed by atoms with Crippen LogP contribution in [0.4, 0.5) is 0 Å². The Labute approximate surface area is 162 Å². The van der Waals surface area contributed by atoms with Crippen LogP contribution in [-0.2, 0) is 0 Å². The number of aromatic nitrogens is 2. The molecule has 8 nitrogen and oxygen atoms in total. The summed E-state index contributed by atoms with van der Waals surface area (Å²) in [5.41, 5.74) is 5.03. The molecule has 0 aliphatic carbocycles. The van der Waals surface area contributed by atoms with Crippen molar-refractivity contribution in [2.24, 2.45) is 5.10 Å². The van der Waals surface area contributed by atoms with Crippen LogP contribution >= 0.6 is 0 Å².